The van der Waals surface area contributed by atoms with Gasteiger partial charge >= 0.3 is 0 Å². The maximum absolute atomic E-state index is 5.85. The maximum Gasteiger partial charge on any atom is 0.131 e. The number of ether oxygens (including phenoxy) is 1. The molecule has 0 aliphatic heterocycles. The highest BCUT2D eigenvalue weighted by molar-refractivity contribution is 6.29. The number of anilines is 1. The molecular weight excluding hydrogens is 248 g/mol. The van der Waals surface area contributed by atoms with Crippen molar-refractivity contribution in [1.29, 1.82) is 0 Å². The van der Waals surface area contributed by atoms with E-state index in [2.05, 4.69) is 23.3 Å². The fourth-order valence-electron chi connectivity index (χ4n) is 1.74. The monoisotopic (exact) mass is 262 g/mol. The number of aromatic nitrogens is 1. The Bertz CT molecular complexity index is 531. The van der Waals surface area contributed by atoms with Gasteiger partial charge in [-0.3, -0.25) is 0 Å². The molecule has 0 saturated heterocycles. The summed E-state index contributed by atoms with van der Waals surface area (Å²) in [6, 6.07) is 11.8. The van der Waals surface area contributed by atoms with Gasteiger partial charge in [-0.1, -0.05) is 23.7 Å². The molecule has 2 rings (SSSR count). The summed E-state index contributed by atoms with van der Waals surface area (Å²) < 4.78 is 5.22. The normalized spacial score (nSPS) is 11.9. The predicted octanol–water partition coefficient (Wildman–Crippen LogP) is 3.92. The zero-order valence-corrected chi connectivity index (χ0v) is 11.1. The summed E-state index contributed by atoms with van der Waals surface area (Å²) in [5.41, 5.74) is 2.10. The molecular formula is C14H15ClN2O. The number of nitrogens with zero attached hydrogens (tertiary/aromatic N) is 1. The van der Waals surface area contributed by atoms with Gasteiger partial charge in [-0.05, 0) is 36.8 Å². The van der Waals surface area contributed by atoms with Gasteiger partial charge in [-0.2, -0.15) is 0 Å². The van der Waals surface area contributed by atoms with Crippen molar-refractivity contribution in [1.82, 2.24) is 4.98 Å². The van der Waals surface area contributed by atoms with Crippen molar-refractivity contribution in [3.8, 4) is 5.75 Å². The molecule has 1 atom stereocenters. The van der Waals surface area contributed by atoms with E-state index in [1.807, 2.05) is 24.3 Å². The second-order valence-electron chi connectivity index (χ2n) is 4.01. The lowest BCUT2D eigenvalue weighted by Gasteiger charge is -2.16. The Morgan fingerprint density at radius 2 is 2.11 bits per heavy atom. The van der Waals surface area contributed by atoms with Gasteiger partial charge < -0.3 is 10.1 Å². The molecule has 0 amide bonds. The lowest BCUT2D eigenvalue weighted by Crippen LogP contribution is -2.06. The molecule has 0 radical (unpaired) electrons. The van der Waals surface area contributed by atoms with Crippen LogP contribution in [0.3, 0.4) is 0 Å². The molecule has 1 heterocycles. The van der Waals surface area contributed by atoms with Gasteiger partial charge in [0.15, 0.2) is 0 Å². The van der Waals surface area contributed by atoms with Crippen molar-refractivity contribution >= 4 is 17.3 Å². The van der Waals surface area contributed by atoms with Crippen LogP contribution < -0.4 is 10.1 Å². The van der Waals surface area contributed by atoms with Crippen LogP contribution in [0.15, 0.2) is 42.6 Å². The lowest BCUT2D eigenvalue weighted by molar-refractivity contribution is 0.414. The van der Waals surface area contributed by atoms with E-state index in [1.54, 1.807) is 19.4 Å². The molecule has 2 aromatic rings. The zero-order chi connectivity index (χ0) is 13.0. The minimum atomic E-state index is 0.165. The summed E-state index contributed by atoms with van der Waals surface area (Å²) in [4.78, 5) is 3.95. The summed E-state index contributed by atoms with van der Waals surface area (Å²) in [5, 5.41) is 3.85. The van der Waals surface area contributed by atoms with Crippen molar-refractivity contribution in [2.45, 2.75) is 13.0 Å². The lowest BCUT2D eigenvalue weighted by atomic mass is 10.1. The molecule has 18 heavy (non-hydrogen) atoms. The van der Waals surface area contributed by atoms with Crippen LogP contribution in [0.5, 0.6) is 5.75 Å². The molecule has 3 nitrogen and oxygen atoms in total. The van der Waals surface area contributed by atoms with E-state index in [9.17, 15) is 0 Å². The van der Waals surface area contributed by atoms with Gasteiger partial charge in [0.2, 0.25) is 0 Å². The third-order valence-electron chi connectivity index (χ3n) is 2.70. The molecule has 1 aromatic carbocycles. The third kappa shape index (κ3) is 3.14. The molecule has 94 valence electrons. The van der Waals surface area contributed by atoms with Crippen LogP contribution in [0.25, 0.3) is 0 Å². The van der Waals surface area contributed by atoms with Gasteiger partial charge in [0.25, 0.3) is 0 Å². The number of rotatable bonds is 4. The van der Waals surface area contributed by atoms with Crippen LogP contribution in [0.2, 0.25) is 5.15 Å². The Hall–Kier alpha value is -1.74. The number of hydrogen-bond donors (Lipinski definition) is 1. The fraction of sp³-hybridized carbons (Fsp3) is 0.214. The van der Waals surface area contributed by atoms with E-state index < -0.39 is 0 Å². The van der Waals surface area contributed by atoms with Gasteiger partial charge in [0.1, 0.15) is 10.9 Å². The summed E-state index contributed by atoms with van der Waals surface area (Å²) in [6.07, 6.45) is 1.68. The highest BCUT2D eigenvalue weighted by Gasteiger charge is 2.06. The molecule has 0 aliphatic carbocycles. The van der Waals surface area contributed by atoms with Crippen molar-refractivity contribution in [3.05, 3.63) is 53.3 Å². The topological polar surface area (TPSA) is 34.1 Å². The number of benzene rings is 1. The molecule has 0 fully saturated rings. The first-order valence-electron chi connectivity index (χ1n) is 5.71. The molecule has 1 aromatic heterocycles. The third-order valence-corrected chi connectivity index (χ3v) is 2.91. The highest BCUT2D eigenvalue weighted by atomic mass is 35.5. The average Bonchev–Trinajstić information content (AvgIpc) is 2.39. The van der Waals surface area contributed by atoms with Gasteiger partial charge in [-0.15, -0.1) is 0 Å². The molecule has 0 aliphatic rings. The minimum Gasteiger partial charge on any atom is -0.497 e. The second kappa shape index (κ2) is 5.74. The average molecular weight is 263 g/mol. The quantitative estimate of drug-likeness (QED) is 0.848. The zero-order valence-electron chi connectivity index (χ0n) is 10.4. The first-order valence-corrected chi connectivity index (χ1v) is 6.09. The van der Waals surface area contributed by atoms with Gasteiger partial charge in [0, 0.05) is 17.9 Å². The Morgan fingerprint density at radius 1 is 1.28 bits per heavy atom. The summed E-state index contributed by atoms with van der Waals surface area (Å²) in [7, 11) is 1.67. The van der Waals surface area contributed by atoms with E-state index in [4.69, 9.17) is 16.3 Å². The second-order valence-corrected chi connectivity index (χ2v) is 4.40. The Kier molecular flexibility index (Phi) is 4.05. The fourth-order valence-corrected chi connectivity index (χ4v) is 1.91. The summed E-state index contributed by atoms with van der Waals surface area (Å²) in [5.74, 6) is 0.855. The first-order chi connectivity index (χ1) is 8.69. The van der Waals surface area contributed by atoms with Crippen molar-refractivity contribution in [3.63, 3.8) is 0 Å². The minimum absolute atomic E-state index is 0.165. The van der Waals surface area contributed by atoms with Gasteiger partial charge in [-0.25, -0.2) is 4.98 Å². The molecule has 1 N–H and O–H groups in total. The molecule has 0 bridgehead atoms. The number of methoxy groups -OCH3 is 1. The number of pyridine rings is 1. The van der Waals surface area contributed by atoms with Crippen LogP contribution >= 0.6 is 11.6 Å². The van der Waals surface area contributed by atoms with Crippen molar-refractivity contribution in [2.75, 3.05) is 12.4 Å². The molecule has 1 unspecified atom stereocenters. The first kappa shape index (κ1) is 12.7. The standard InChI is InChI=1S/C14H15ClN2O/c1-10(11-4-3-5-13(8-11)18-2)17-12-6-7-16-14(15)9-12/h3-10H,1-2H3,(H,16,17). The van der Waals surface area contributed by atoms with Gasteiger partial charge in [0.05, 0.1) is 7.11 Å². The number of halogens is 1. The van der Waals surface area contributed by atoms with E-state index in [0.29, 0.717) is 5.15 Å². The number of nitrogens with one attached hydrogen (secondary N) is 1. The summed E-state index contributed by atoms with van der Waals surface area (Å²) >= 11 is 5.85. The van der Waals surface area contributed by atoms with E-state index in [-0.39, 0.29) is 6.04 Å². The van der Waals surface area contributed by atoms with E-state index in [1.165, 1.54) is 0 Å². The summed E-state index contributed by atoms with van der Waals surface area (Å²) in [6.45, 7) is 2.09. The van der Waals surface area contributed by atoms with Crippen molar-refractivity contribution < 1.29 is 4.74 Å². The van der Waals surface area contributed by atoms with Crippen LogP contribution in [-0.2, 0) is 0 Å². The van der Waals surface area contributed by atoms with E-state index >= 15 is 0 Å². The largest absolute Gasteiger partial charge is 0.497 e. The molecule has 4 heteroatoms. The van der Waals surface area contributed by atoms with Crippen molar-refractivity contribution in [2.24, 2.45) is 0 Å². The number of hydrogen-bond acceptors (Lipinski definition) is 3. The van der Waals surface area contributed by atoms with E-state index in [0.717, 1.165) is 17.0 Å². The van der Waals surface area contributed by atoms with Crippen LogP contribution in [0.1, 0.15) is 18.5 Å². The van der Waals surface area contributed by atoms with Crippen LogP contribution in [0, 0.1) is 0 Å². The SMILES string of the molecule is COc1cccc(C(C)Nc2ccnc(Cl)c2)c1. The molecule has 0 spiro atoms. The maximum atomic E-state index is 5.85. The molecule has 0 saturated carbocycles. The Labute approximate surface area is 112 Å². The van der Waals surface area contributed by atoms with Crippen LogP contribution in [-0.4, -0.2) is 12.1 Å². The Morgan fingerprint density at radius 3 is 2.83 bits per heavy atom. The smallest absolute Gasteiger partial charge is 0.131 e. The highest BCUT2D eigenvalue weighted by Crippen LogP contribution is 2.23. The Balaban J connectivity index is 2.13. The van der Waals surface area contributed by atoms with Crippen LogP contribution in [0.4, 0.5) is 5.69 Å². The predicted molar refractivity (Wildman–Crippen MR) is 74.3 cm³/mol.